The summed E-state index contributed by atoms with van der Waals surface area (Å²) >= 11 is 3.38. The molecule has 0 spiro atoms. The van der Waals surface area contributed by atoms with Crippen LogP contribution < -0.4 is 0 Å². The van der Waals surface area contributed by atoms with E-state index >= 15 is 0 Å². The van der Waals surface area contributed by atoms with Crippen molar-refractivity contribution in [1.82, 2.24) is 30.1 Å². The van der Waals surface area contributed by atoms with Crippen molar-refractivity contribution >= 4 is 21.8 Å². The highest BCUT2D eigenvalue weighted by Gasteiger charge is 2.38. The lowest BCUT2D eigenvalue weighted by Crippen LogP contribution is -2.30. The average Bonchev–Trinajstić information content (AvgIpc) is 3.19. The van der Waals surface area contributed by atoms with E-state index in [2.05, 4.69) is 36.4 Å². The lowest BCUT2D eigenvalue weighted by Gasteiger charge is -2.15. The number of methoxy groups -OCH3 is 1. The monoisotopic (exact) mass is 354 g/mol. The molecular formula is C12H15BrN6O2. The number of ether oxygens (including phenoxy) is 1. The van der Waals surface area contributed by atoms with Crippen LogP contribution in [0.1, 0.15) is 22.0 Å². The molecule has 2 atom stereocenters. The summed E-state index contributed by atoms with van der Waals surface area (Å²) in [5.74, 6) is -0.0452. The second-order valence-corrected chi connectivity index (χ2v) is 5.71. The largest absolute Gasteiger partial charge is 0.379 e. The Labute approximate surface area is 129 Å². The molecule has 0 unspecified atom stereocenters. The summed E-state index contributed by atoms with van der Waals surface area (Å²) in [5.41, 5.74) is 1.36. The fourth-order valence-electron chi connectivity index (χ4n) is 2.59. The maximum absolute atomic E-state index is 12.6. The van der Waals surface area contributed by atoms with Crippen molar-refractivity contribution in [2.75, 3.05) is 20.2 Å². The Kier molecular flexibility index (Phi) is 3.77. The summed E-state index contributed by atoms with van der Waals surface area (Å²) in [6.45, 7) is 1.07. The SMILES string of the molecule is CO[C@@H]1CN(C(=O)c2cnn(C)c2Br)C[C@H]1c1cn[nH]n1. The summed E-state index contributed by atoms with van der Waals surface area (Å²) < 4.78 is 7.78. The van der Waals surface area contributed by atoms with Gasteiger partial charge in [-0.2, -0.15) is 20.5 Å². The number of amides is 1. The predicted molar refractivity (Wildman–Crippen MR) is 76.7 cm³/mol. The van der Waals surface area contributed by atoms with Gasteiger partial charge in [-0.25, -0.2) is 0 Å². The molecule has 2 aromatic heterocycles. The topological polar surface area (TPSA) is 88.9 Å². The third-order valence-electron chi connectivity index (χ3n) is 3.77. The van der Waals surface area contributed by atoms with Crippen LogP contribution in [0.3, 0.4) is 0 Å². The van der Waals surface area contributed by atoms with Crippen LogP contribution in [-0.4, -0.2) is 62.3 Å². The predicted octanol–water partition coefficient (Wildman–Crippen LogP) is 0.555. The smallest absolute Gasteiger partial charge is 0.258 e. The average molecular weight is 355 g/mol. The molecule has 1 N–H and O–H groups in total. The molecule has 0 saturated carbocycles. The number of hydrogen-bond donors (Lipinski definition) is 1. The zero-order chi connectivity index (χ0) is 15.0. The van der Waals surface area contributed by atoms with Gasteiger partial charge in [-0.1, -0.05) is 0 Å². The third kappa shape index (κ3) is 2.46. The van der Waals surface area contributed by atoms with E-state index in [1.807, 2.05) is 0 Å². The summed E-state index contributed by atoms with van der Waals surface area (Å²) in [4.78, 5) is 14.4. The molecule has 3 rings (SSSR count). The van der Waals surface area contributed by atoms with E-state index in [9.17, 15) is 4.79 Å². The van der Waals surface area contributed by atoms with Gasteiger partial charge < -0.3 is 9.64 Å². The first-order chi connectivity index (χ1) is 10.1. The minimum Gasteiger partial charge on any atom is -0.379 e. The first kappa shape index (κ1) is 14.2. The van der Waals surface area contributed by atoms with Crippen molar-refractivity contribution in [3.8, 4) is 0 Å². The third-order valence-corrected chi connectivity index (χ3v) is 4.71. The van der Waals surface area contributed by atoms with E-state index in [0.29, 0.717) is 23.3 Å². The maximum Gasteiger partial charge on any atom is 0.258 e. The number of nitrogens with one attached hydrogen (secondary N) is 1. The number of H-pyrrole nitrogens is 1. The Bertz CT molecular complexity index is 640. The van der Waals surface area contributed by atoms with Gasteiger partial charge in [0.2, 0.25) is 0 Å². The van der Waals surface area contributed by atoms with E-state index in [1.54, 1.807) is 36.1 Å². The van der Waals surface area contributed by atoms with Crippen molar-refractivity contribution in [3.05, 3.63) is 28.3 Å². The number of aromatic nitrogens is 5. The van der Waals surface area contributed by atoms with Gasteiger partial charge in [-0.05, 0) is 15.9 Å². The van der Waals surface area contributed by atoms with Crippen LogP contribution in [0, 0.1) is 0 Å². The van der Waals surface area contributed by atoms with Crippen molar-refractivity contribution in [2.45, 2.75) is 12.0 Å². The first-order valence-electron chi connectivity index (χ1n) is 6.47. The molecule has 0 bridgehead atoms. The minimum absolute atomic E-state index is 0.0214. The minimum atomic E-state index is -0.0884. The van der Waals surface area contributed by atoms with Gasteiger partial charge in [0, 0.05) is 27.2 Å². The Hall–Kier alpha value is -1.74. The first-order valence-corrected chi connectivity index (χ1v) is 7.26. The van der Waals surface area contributed by atoms with E-state index in [4.69, 9.17) is 4.74 Å². The highest BCUT2D eigenvalue weighted by Crippen LogP contribution is 2.29. The number of rotatable bonds is 3. The molecule has 1 amide bonds. The van der Waals surface area contributed by atoms with Crippen LogP contribution in [0.5, 0.6) is 0 Å². The molecule has 3 heterocycles. The fourth-order valence-corrected chi connectivity index (χ4v) is 2.95. The second kappa shape index (κ2) is 5.57. The van der Waals surface area contributed by atoms with Crippen LogP contribution >= 0.6 is 15.9 Å². The van der Waals surface area contributed by atoms with E-state index < -0.39 is 0 Å². The second-order valence-electron chi connectivity index (χ2n) is 4.96. The zero-order valence-electron chi connectivity index (χ0n) is 11.7. The molecule has 1 aliphatic heterocycles. The van der Waals surface area contributed by atoms with E-state index in [0.717, 1.165) is 5.69 Å². The quantitative estimate of drug-likeness (QED) is 0.869. The van der Waals surface area contributed by atoms with Crippen LogP contribution in [-0.2, 0) is 11.8 Å². The molecule has 0 aliphatic carbocycles. The van der Waals surface area contributed by atoms with Gasteiger partial charge >= 0.3 is 0 Å². The number of carbonyl (C=O) groups excluding carboxylic acids is 1. The number of aromatic amines is 1. The molecule has 0 radical (unpaired) electrons. The van der Waals surface area contributed by atoms with Gasteiger partial charge in [0.15, 0.2) is 0 Å². The molecular weight excluding hydrogens is 340 g/mol. The zero-order valence-corrected chi connectivity index (χ0v) is 13.2. The van der Waals surface area contributed by atoms with Gasteiger partial charge in [-0.3, -0.25) is 9.48 Å². The molecule has 0 aromatic carbocycles. The standard InChI is InChI=1S/C12H15BrN6O2/c1-18-11(13)7(3-15-18)12(20)19-5-8(10(6-19)21-2)9-4-14-17-16-9/h3-4,8,10H,5-6H2,1-2H3,(H,14,16,17)/t8-,10+/m0/s1. The Morgan fingerprint density at radius 2 is 2.29 bits per heavy atom. The molecule has 21 heavy (non-hydrogen) atoms. The number of aryl methyl sites for hydroxylation is 1. The van der Waals surface area contributed by atoms with Crippen molar-refractivity contribution < 1.29 is 9.53 Å². The molecule has 1 aliphatic rings. The summed E-state index contributed by atoms with van der Waals surface area (Å²) in [6, 6.07) is 0. The van der Waals surface area contributed by atoms with Gasteiger partial charge in [0.25, 0.3) is 5.91 Å². The van der Waals surface area contributed by atoms with Gasteiger partial charge in [0.1, 0.15) is 4.60 Å². The van der Waals surface area contributed by atoms with Gasteiger partial charge in [-0.15, -0.1) is 0 Å². The fraction of sp³-hybridized carbons (Fsp3) is 0.500. The number of carbonyl (C=O) groups is 1. The lowest BCUT2D eigenvalue weighted by atomic mass is 10.0. The van der Waals surface area contributed by atoms with Crippen LogP contribution in [0.4, 0.5) is 0 Å². The summed E-state index contributed by atoms with van der Waals surface area (Å²) in [6.07, 6.45) is 3.15. The molecule has 1 saturated heterocycles. The van der Waals surface area contributed by atoms with Gasteiger partial charge in [0.05, 0.1) is 35.7 Å². The number of hydrogen-bond acceptors (Lipinski definition) is 5. The highest BCUT2D eigenvalue weighted by molar-refractivity contribution is 9.10. The van der Waals surface area contributed by atoms with E-state index in [1.165, 1.54) is 0 Å². The molecule has 9 heteroatoms. The molecule has 1 fully saturated rings. The number of nitrogens with zero attached hydrogens (tertiary/aromatic N) is 5. The Balaban J connectivity index is 1.81. The summed E-state index contributed by atoms with van der Waals surface area (Å²) in [5, 5.41) is 14.6. The van der Waals surface area contributed by atoms with Crippen LogP contribution in [0.25, 0.3) is 0 Å². The van der Waals surface area contributed by atoms with E-state index in [-0.39, 0.29) is 17.9 Å². The molecule has 8 nitrogen and oxygen atoms in total. The maximum atomic E-state index is 12.6. The highest BCUT2D eigenvalue weighted by atomic mass is 79.9. The van der Waals surface area contributed by atoms with Crippen LogP contribution in [0.2, 0.25) is 0 Å². The number of halogens is 1. The number of likely N-dealkylation sites (tertiary alicyclic amines) is 1. The molecule has 2 aromatic rings. The molecule has 112 valence electrons. The summed E-state index contributed by atoms with van der Waals surface area (Å²) in [7, 11) is 3.42. The Morgan fingerprint density at radius 1 is 1.48 bits per heavy atom. The Morgan fingerprint density at radius 3 is 2.86 bits per heavy atom. The van der Waals surface area contributed by atoms with Crippen molar-refractivity contribution in [3.63, 3.8) is 0 Å². The van der Waals surface area contributed by atoms with Crippen molar-refractivity contribution in [1.29, 1.82) is 0 Å². The van der Waals surface area contributed by atoms with Crippen LogP contribution in [0.15, 0.2) is 17.0 Å². The normalized spacial score (nSPS) is 22.0. The van der Waals surface area contributed by atoms with Crippen molar-refractivity contribution in [2.24, 2.45) is 7.05 Å². The lowest BCUT2D eigenvalue weighted by molar-refractivity contribution is 0.0713.